The largest absolute Gasteiger partial charge is 0.478 e. The molecule has 0 amide bonds. The Morgan fingerprint density at radius 3 is 2.09 bits per heavy atom. The van der Waals surface area contributed by atoms with Gasteiger partial charge in [0.2, 0.25) is 0 Å². The number of carboxylic acid groups (broad SMARTS) is 2. The summed E-state index contributed by atoms with van der Waals surface area (Å²) in [4.78, 5) is 21.4. The number of nitrogens with one attached hydrogen (secondary N) is 1. The number of carbonyl (C=O) groups is 2. The summed E-state index contributed by atoms with van der Waals surface area (Å²) in [6.07, 6.45) is 0.983. The number of piperidine rings is 1. The van der Waals surface area contributed by atoms with E-state index in [9.17, 15) is 22.8 Å². The highest BCUT2D eigenvalue weighted by molar-refractivity contribution is 5.89. The molecule has 0 unspecified atom stereocenters. The molecular formula is C23H33F3N2O4. The van der Waals surface area contributed by atoms with Crippen molar-refractivity contribution in [2.75, 3.05) is 19.6 Å². The fourth-order valence-corrected chi connectivity index (χ4v) is 3.69. The van der Waals surface area contributed by atoms with Crippen molar-refractivity contribution in [3.63, 3.8) is 0 Å². The topological polar surface area (TPSA) is 89.9 Å². The predicted molar refractivity (Wildman–Crippen MR) is 116 cm³/mol. The molecule has 1 aromatic rings. The van der Waals surface area contributed by atoms with Crippen molar-refractivity contribution in [3.8, 4) is 0 Å². The maximum atomic E-state index is 13.3. The van der Waals surface area contributed by atoms with Gasteiger partial charge in [-0.2, -0.15) is 13.2 Å². The van der Waals surface area contributed by atoms with Gasteiger partial charge in [-0.15, -0.1) is 0 Å². The first kappa shape index (κ1) is 27.6. The fourth-order valence-electron chi connectivity index (χ4n) is 3.69. The highest BCUT2D eigenvalue weighted by Crippen LogP contribution is 2.33. The molecule has 0 bridgehead atoms. The number of rotatable bonds is 9. The van der Waals surface area contributed by atoms with E-state index in [-0.39, 0.29) is 0 Å². The third kappa shape index (κ3) is 10.3. The standard InChI is InChI=1S/C19H29F3N2.C4H4O4/c1-3-15(4-2)13-24(17-9-11-23-12-10-17)14-16-7-5-6-8-18(16)19(20,21)22;5-3(6)1-2-4(7)8/h5-8,15,17,23H,3-4,9-14H2,1-2H3;1-2H,(H,5,6)(H,7,8). The number of nitrogens with zero attached hydrogens (tertiary/aromatic N) is 1. The second kappa shape index (κ2) is 13.9. The van der Waals surface area contributed by atoms with Crippen LogP contribution in [0.3, 0.4) is 0 Å². The Morgan fingerprint density at radius 1 is 1.09 bits per heavy atom. The molecule has 0 aliphatic carbocycles. The van der Waals surface area contributed by atoms with Gasteiger partial charge in [-0.1, -0.05) is 44.9 Å². The molecule has 0 radical (unpaired) electrons. The van der Waals surface area contributed by atoms with Gasteiger partial charge in [0.25, 0.3) is 0 Å². The Labute approximate surface area is 187 Å². The van der Waals surface area contributed by atoms with Crippen molar-refractivity contribution in [3.05, 3.63) is 47.5 Å². The Kier molecular flexibility index (Phi) is 12.0. The van der Waals surface area contributed by atoms with E-state index in [1.54, 1.807) is 12.1 Å². The normalized spacial score (nSPS) is 15.1. The lowest BCUT2D eigenvalue weighted by atomic mass is 9.97. The van der Waals surface area contributed by atoms with Crippen LogP contribution in [0.4, 0.5) is 13.2 Å². The van der Waals surface area contributed by atoms with E-state index < -0.39 is 23.7 Å². The first-order valence-electron chi connectivity index (χ1n) is 10.8. The predicted octanol–water partition coefficient (Wildman–Crippen LogP) is 4.41. The first-order chi connectivity index (χ1) is 15.1. The summed E-state index contributed by atoms with van der Waals surface area (Å²) in [5, 5.41) is 19.0. The molecule has 2 rings (SSSR count). The van der Waals surface area contributed by atoms with Gasteiger partial charge in [0.1, 0.15) is 0 Å². The number of carboxylic acids is 2. The van der Waals surface area contributed by atoms with Gasteiger partial charge in [-0.05, 0) is 43.5 Å². The zero-order valence-electron chi connectivity index (χ0n) is 18.6. The lowest BCUT2D eigenvalue weighted by Gasteiger charge is -2.37. The highest BCUT2D eigenvalue weighted by atomic mass is 19.4. The Balaban J connectivity index is 0.000000547. The van der Waals surface area contributed by atoms with E-state index in [2.05, 4.69) is 24.1 Å². The minimum atomic E-state index is -4.29. The van der Waals surface area contributed by atoms with Gasteiger partial charge in [0.05, 0.1) is 5.56 Å². The lowest BCUT2D eigenvalue weighted by molar-refractivity contribution is -0.138. The molecule has 3 N–H and O–H groups in total. The molecule has 6 nitrogen and oxygen atoms in total. The minimum absolute atomic E-state index is 0.369. The number of aliphatic carboxylic acids is 2. The van der Waals surface area contributed by atoms with Crippen molar-refractivity contribution >= 4 is 11.9 Å². The second-order valence-electron chi connectivity index (χ2n) is 7.76. The molecule has 1 saturated heterocycles. The SMILES string of the molecule is CCC(CC)CN(Cc1ccccc1C(F)(F)F)C1CCNCC1.O=C(O)C=CC(=O)O. The van der Waals surface area contributed by atoms with Crippen LogP contribution in [0.15, 0.2) is 36.4 Å². The summed E-state index contributed by atoms with van der Waals surface area (Å²) in [5.41, 5.74) is -0.0945. The molecule has 0 aromatic heterocycles. The van der Waals surface area contributed by atoms with E-state index >= 15 is 0 Å². The summed E-state index contributed by atoms with van der Waals surface area (Å²) in [6.45, 7) is 7.49. The van der Waals surface area contributed by atoms with E-state index in [4.69, 9.17) is 10.2 Å². The zero-order chi connectivity index (χ0) is 24.1. The molecule has 1 aliphatic rings. The lowest BCUT2D eigenvalue weighted by Crippen LogP contribution is -2.44. The molecule has 1 aromatic carbocycles. The quantitative estimate of drug-likeness (QED) is 0.475. The molecule has 0 spiro atoms. The number of benzene rings is 1. The molecular weight excluding hydrogens is 425 g/mol. The van der Waals surface area contributed by atoms with Crippen LogP contribution >= 0.6 is 0 Å². The van der Waals surface area contributed by atoms with Crippen LogP contribution in [-0.4, -0.2) is 52.7 Å². The van der Waals surface area contributed by atoms with Crippen molar-refractivity contribution < 1.29 is 33.0 Å². The van der Waals surface area contributed by atoms with E-state index in [1.807, 2.05) is 0 Å². The molecule has 32 heavy (non-hydrogen) atoms. The van der Waals surface area contributed by atoms with E-state index in [1.165, 1.54) is 12.1 Å². The van der Waals surface area contributed by atoms with Gasteiger partial charge in [0, 0.05) is 31.3 Å². The number of halogens is 3. The average molecular weight is 459 g/mol. The molecule has 0 atom stereocenters. The van der Waals surface area contributed by atoms with Gasteiger partial charge in [-0.3, -0.25) is 4.90 Å². The summed E-state index contributed by atoms with van der Waals surface area (Å²) < 4.78 is 39.9. The number of alkyl halides is 3. The van der Waals surface area contributed by atoms with Gasteiger partial charge >= 0.3 is 18.1 Å². The second-order valence-corrected chi connectivity index (χ2v) is 7.76. The van der Waals surface area contributed by atoms with E-state index in [0.29, 0.717) is 36.2 Å². The Morgan fingerprint density at radius 2 is 1.62 bits per heavy atom. The monoisotopic (exact) mass is 458 g/mol. The van der Waals surface area contributed by atoms with E-state index in [0.717, 1.165) is 45.3 Å². The van der Waals surface area contributed by atoms with Gasteiger partial charge in [0.15, 0.2) is 0 Å². The highest BCUT2D eigenvalue weighted by Gasteiger charge is 2.34. The molecule has 9 heteroatoms. The van der Waals surface area contributed by atoms with Crippen LogP contribution in [0.1, 0.15) is 50.7 Å². The fraction of sp³-hybridized carbons (Fsp3) is 0.565. The van der Waals surface area contributed by atoms with Crippen LogP contribution in [0, 0.1) is 5.92 Å². The van der Waals surface area contributed by atoms with Crippen molar-refractivity contribution in [1.29, 1.82) is 0 Å². The smallest absolute Gasteiger partial charge is 0.416 e. The number of hydrogen-bond donors (Lipinski definition) is 3. The maximum absolute atomic E-state index is 13.3. The summed E-state index contributed by atoms with van der Waals surface area (Å²) >= 11 is 0. The van der Waals surface area contributed by atoms with Gasteiger partial charge < -0.3 is 15.5 Å². The zero-order valence-corrected chi connectivity index (χ0v) is 18.6. The number of hydrogen-bond acceptors (Lipinski definition) is 4. The van der Waals surface area contributed by atoms with Crippen LogP contribution in [0.2, 0.25) is 0 Å². The third-order valence-corrected chi connectivity index (χ3v) is 5.54. The van der Waals surface area contributed by atoms with Crippen molar-refractivity contribution in [2.24, 2.45) is 5.92 Å². The van der Waals surface area contributed by atoms with Crippen LogP contribution in [0.5, 0.6) is 0 Å². The minimum Gasteiger partial charge on any atom is -0.478 e. The van der Waals surface area contributed by atoms with Crippen molar-refractivity contribution in [1.82, 2.24) is 10.2 Å². The molecule has 180 valence electrons. The van der Waals surface area contributed by atoms with Crippen LogP contribution < -0.4 is 5.32 Å². The third-order valence-electron chi connectivity index (χ3n) is 5.54. The summed E-state index contributed by atoms with van der Waals surface area (Å²) in [5.74, 6) is -1.97. The molecule has 0 saturated carbocycles. The molecule has 1 heterocycles. The Hall–Kier alpha value is -2.39. The molecule has 1 fully saturated rings. The Bertz CT molecular complexity index is 727. The summed E-state index contributed by atoms with van der Waals surface area (Å²) in [6, 6.07) is 6.38. The maximum Gasteiger partial charge on any atom is 0.416 e. The first-order valence-corrected chi connectivity index (χ1v) is 10.8. The van der Waals surface area contributed by atoms with Crippen molar-refractivity contribution in [2.45, 2.75) is 58.3 Å². The van der Waals surface area contributed by atoms with Crippen LogP contribution in [0.25, 0.3) is 0 Å². The molecule has 1 aliphatic heterocycles. The van der Waals surface area contributed by atoms with Gasteiger partial charge in [-0.25, -0.2) is 9.59 Å². The van der Waals surface area contributed by atoms with Crippen LogP contribution in [-0.2, 0) is 22.3 Å². The summed E-state index contributed by atoms with van der Waals surface area (Å²) in [7, 11) is 0. The average Bonchev–Trinajstić information content (AvgIpc) is 2.76.